The maximum absolute atomic E-state index is 12.8. The van der Waals surface area contributed by atoms with E-state index in [1.165, 1.54) is 0 Å². The Labute approximate surface area is 149 Å². The number of rotatable bonds is 4. The zero-order chi connectivity index (χ0) is 16.6. The molecule has 1 aromatic rings. The van der Waals surface area contributed by atoms with Crippen LogP contribution in [0, 0.1) is 11.8 Å². The first-order valence-electron chi connectivity index (χ1n) is 8.05. The van der Waals surface area contributed by atoms with E-state index in [9.17, 15) is 13.2 Å². The van der Waals surface area contributed by atoms with Gasteiger partial charge in [0.2, 0.25) is 10.0 Å². The minimum Gasteiger partial charge on any atom is -0.338 e. The van der Waals surface area contributed by atoms with Crippen molar-refractivity contribution in [3.63, 3.8) is 0 Å². The summed E-state index contributed by atoms with van der Waals surface area (Å²) in [7, 11) is -3.42. The fourth-order valence-electron chi connectivity index (χ4n) is 3.64. The Hall–Kier alpha value is -1.31. The minimum atomic E-state index is -3.42. The van der Waals surface area contributed by atoms with Crippen LogP contribution in [-0.4, -0.2) is 44.1 Å². The third-order valence-corrected chi connectivity index (χ3v) is 6.29. The van der Waals surface area contributed by atoms with E-state index in [4.69, 9.17) is 5.73 Å². The van der Waals surface area contributed by atoms with Crippen molar-refractivity contribution in [2.45, 2.75) is 25.8 Å². The molecule has 1 saturated carbocycles. The molecule has 3 atom stereocenters. The van der Waals surface area contributed by atoms with Gasteiger partial charge in [-0.25, -0.2) is 8.42 Å². The molecular weight excluding hydrogens is 350 g/mol. The number of hydrogen-bond acceptors (Lipinski definition) is 4. The van der Waals surface area contributed by atoms with Crippen LogP contribution in [0.15, 0.2) is 24.3 Å². The summed E-state index contributed by atoms with van der Waals surface area (Å²) in [5.74, 6) is 0.700. The summed E-state index contributed by atoms with van der Waals surface area (Å²) in [6.07, 6.45) is 2.10. The maximum Gasteiger partial charge on any atom is 0.256 e. The average molecular weight is 374 g/mol. The van der Waals surface area contributed by atoms with Crippen LogP contribution in [0.4, 0.5) is 5.69 Å². The van der Waals surface area contributed by atoms with Crippen LogP contribution in [0.25, 0.3) is 0 Å². The second kappa shape index (κ2) is 7.29. The van der Waals surface area contributed by atoms with Crippen molar-refractivity contribution in [3.05, 3.63) is 29.8 Å². The highest BCUT2D eigenvalue weighted by Crippen LogP contribution is 2.38. The topological polar surface area (TPSA) is 92.5 Å². The Morgan fingerprint density at radius 2 is 2.00 bits per heavy atom. The van der Waals surface area contributed by atoms with Crippen LogP contribution >= 0.6 is 12.4 Å². The van der Waals surface area contributed by atoms with Gasteiger partial charge in [-0.3, -0.25) is 9.52 Å². The van der Waals surface area contributed by atoms with E-state index in [0.717, 1.165) is 12.8 Å². The lowest BCUT2D eigenvalue weighted by molar-refractivity contribution is 0.0780. The molecule has 0 spiro atoms. The number of para-hydroxylation sites is 1. The van der Waals surface area contributed by atoms with Gasteiger partial charge < -0.3 is 10.6 Å². The van der Waals surface area contributed by atoms with Gasteiger partial charge in [0.15, 0.2) is 0 Å². The number of fused-ring (bicyclic) bond motifs is 1. The molecule has 1 aliphatic carbocycles. The molecule has 3 N–H and O–H groups in total. The molecular formula is C16H24ClN3O3S. The molecule has 3 unspecified atom stereocenters. The smallest absolute Gasteiger partial charge is 0.256 e. The van der Waals surface area contributed by atoms with Crippen LogP contribution in [0.2, 0.25) is 0 Å². The Kier molecular flexibility index (Phi) is 5.78. The number of likely N-dealkylation sites (tertiary alicyclic amines) is 1. The number of nitrogens with two attached hydrogens (primary N) is 1. The summed E-state index contributed by atoms with van der Waals surface area (Å²) in [6.45, 7) is 2.95. The molecule has 1 saturated heterocycles. The third kappa shape index (κ3) is 3.68. The number of halogens is 1. The van der Waals surface area contributed by atoms with E-state index in [0.29, 0.717) is 36.2 Å². The number of sulfonamides is 1. The van der Waals surface area contributed by atoms with Crippen molar-refractivity contribution < 1.29 is 13.2 Å². The SMILES string of the molecule is CCS(=O)(=O)Nc1ccccc1C(=O)N1CC2CCC(N)C2C1.Cl. The molecule has 3 rings (SSSR count). The van der Waals surface area contributed by atoms with E-state index < -0.39 is 10.0 Å². The largest absolute Gasteiger partial charge is 0.338 e. The van der Waals surface area contributed by atoms with Gasteiger partial charge in [0.05, 0.1) is 17.0 Å². The predicted octanol–water partition coefficient (Wildman–Crippen LogP) is 1.68. The van der Waals surface area contributed by atoms with Crippen molar-refractivity contribution in [1.82, 2.24) is 4.90 Å². The van der Waals surface area contributed by atoms with E-state index in [1.54, 1.807) is 31.2 Å². The second-order valence-electron chi connectivity index (χ2n) is 6.43. The molecule has 1 aliphatic heterocycles. The maximum atomic E-state index is 12.8. The monoisotopic (exact) mass is 373 g/mol. The standard InChI is InChI=1S/C16H23N3O3S.ClH/c1-2-23(21,22)18-15-6-4-3-5-12(15)16(20)19-9-11-7-8-14(17)13(11)10-19;/h3-6,11,13-14,18H,2,7-10,17H2,1H3;1H. The predicted molar refractivity (Wildman–Crippen MR) is 96.9 cm³/mol. The molecule has 134 valence electrons. The number of nitrogens with one attached hydrogen (secondary N) is 1. The summed E-state index contributed by atoms with van der Waals surface area (Å²) in [5, 5.41) is 0. The molecule has 24 heavy (non-hydrogen) atoms. The molecule has 1 aromatic carbocycles. The number of amides is 1. The highest BCUT2D eigenvalue weighted by atomic mass is 35.5. The van der Waals surface area contributed by atoms with Crippen molar-refractivity contribution in [2.75, 3.05) is 23.6 Å². The Morgan fingerprint density at radius 1 is 1.29 bits per heavy atom. The van der Waals surface area contributed by atoms with Gasteiger partial charge in [0.1, 0.15) is 0 Å². The van der Waals surface area contributed by atoms with Crippen LogP contribution in [0.3, 0.4) is 0 Å². The lowest BCUT2D eigenvalue weighted by Gasteiger charge is -2.20. The summed E-state index contributed by atoms with van der Waals surface area (Å²) in [6, 6.07) is 6.94. The van der Waals surface area contributed by atoms with Gasteiger partial charge in [0, 0.05) is 19.1 Å². The summed E-state index contributed by atoms with van der Waals surface area (Å²) < 4.78 is 26.1. The van der Waals surface area contributed by atoms with Gasteiger partial charge in [-0.15, -0.1) is 12.4 Å². The molecule has 0 aromatic heterocycles. The number of carbonyl (C=O) groups is 1. The zero-order valence-electron chi connectivity index (χ0n) is 13.6. The van der Waals surface area contributed by atoms with Gasteiger partial charge >= 0.3 is 0 Å². The van der Waals surface area contributed by atoms with E-state index in [1.807, 2.05) is 4.90 Å². The van der Waals surface area contributed by atoms with Crippen molar-refractivity contribution in [3.8, 4) is 0 Å². The van der Waals surface area contributed by atoms with Gasteiger partial charge in [0.25, 0.3) is 5.91 Å². The van der Waals surface area contributed by atoms with Gasteiger partial charge in [-0.2, -0.15) is 0 Å². The fraction of sp³-hybridized carbons (Fsp3) is 0.562. The first kappa shape index (κ1) is 19.0. The quantitative estimate of drug-likeness (QED) is 0.839. The van der Waals surface area contributed by atoms with Crippen molar-refractivity contribution in [2.24, 2.45) is 17.6 Å². The summed E-state index contributed by atoms with van der Waals surface area (Å²) in [5.41, 5.74) is 6.87. The molecule has 6 nitrogen and oxygen atoms in total. The zero-order valence-corrected chi connectivity index (χ0v) is 15.3. The van der Waals surface area contributed by atoms with E-state index in [2.05, 4.69) is 4.72 Å². The Balaban J connectivity index is 0.00000208. The third-order valence-electron chi connectivity index (χ3n) is 5.00. The number of carbonyl (C=O) groups excluding carboxylic acids is 1. The van der Waals surface area contributed by atoms with E-state index >= 15 is 0 Å². The van der Waals surface area contributed by atoms with Gasteiger partial charge in [-0.1, -0.05) is 12.1 Å². The van der Waals surface area contributed by atoms with Crippen LogP contribution in [0.5, 0.6) is 0 Å². The number of nitrogens with zero attached hydrogens (tertiary/aromatic N) is 1. The first-order chi connectivity index (χ1) is 10.9. The number of anilines is 1. The highest BCUT2D eigenvalue weighted by molar-refractivity contribution is 7.92. The number of hydrogen-bond donors (Lipinski definition) is 2. The molecule has 2 aliphatic rings. The molecule has 8 heteroatoms. The van der Waals surface area contributed by atoms with Crippen LogP contribution < -0.4 is 10.5 Å². The lowest BCUT2D eigenvalue weighted by Crippen LogP contribution is -2.34. The van der Waals surface area contributed by atoms with Crippen molar-refractivity contribution in [1.29, 1.82) is 0 Å². The first-order valence-corrected chi connectivity index (χ1v) is 9.71. The summed E-state index contributed by atoms with van der Waals surface area (Å²) in [4.78, 5) is 14.6. The van der Waals surface area contributed by atoms with E-state index in [-0.39, 0.29) is 30.1 Å². The summed E-state index contributed by atoms with van der Waals surface area (Å²) >= 11 is 0. The minimum absolute atomic E-state index is 0. The van der Waals surface area contributed by atoms with Gasteiger partial charge in [-0.05, 0) is 43.7 Å². The lowest BCUT2D eigenvalue weighted by atomic mass is 9.98. The van der Waals surface area contributed by atoms with Crippen molar-refractivity contribution >= 4 is 34.0 Å². The normalized spacial score (nSPS) is 25.9. The fourth-order valence-corrected chi connectivity index (χ4v) is 4.30. The number of benzene rings is 1. The van der Waals surface area contributed by atoms with Crippen LogP contribution in [-0.2, 0) is 10.0 Å². The molecule has 1 amide bonds. The van der Waals surface area contributed by atoms with Crippen LogP contribution in [0.1, 0.15) is 30.1 Å². The Morgan fingerprint density at radius 3 is 2.67 bits per heavy atom. The molecule has 2 fully saturated rings. The molecule has 0 bridgehead atoms. The second-order valence-corrected chi connectivity index (χ2v) is 8.44. The highest BCUT2D eigenvalue weighted by Gasteiger charge is 2.42. The molecule has 0 radical (unpaired) electrons. The average Bonchev–Trinajstić information content (AvgIpc) is 3.09. The Bertz CT molecular complexity index is 710. The molecule has 1 heterocycles.